The second kappa shape index (κ2) is 8.60. The van der Waals surface area contributed by atoms with Crippen molar-refractivity contribution in [3.05, 3.63) is 60.7 Å². The van der Waals surface area contributed by atoms with E-state index in [2.05, 4.69) is 25.8 Å². The van der Waals surface area contributed by atoms with Crippen molar-refractivity contribution in [1.29, 1.82) is 0 Å². The lowest BCUT2D eigenvalue weighted by Crippen LogP contribution is -2.30. The third-order valence-electron chi connectivity index (χ3n) is 5.60. The monoisotopic (exact) mass is 448 g/mol. The first kappa shape index (κ1) is 20.8. The summed E-state index contributed by atoms with van der Waals surface area (Å²) >= 11 is 3.38. The molecule has 0 atom stereocenters. The molecule has 2 heterocycles. The van der Waals surface area contributed by atoms with Gasteiger partial charge in [0, 0.05) is 23.5 Å². The smallest absolute Gasteiger partial charge is 0.261 e. The second-order valence-corrected chi connectivity index (χ2v) is 8.03. The zero-order chi connectivity index (χ0) is 20.4. The van der Waals surface area contributed by atoms with E-state index in [4.69, 9.17) is 0 Å². The SMILES string of the molecule is CCc1ccc(F)c(CC)c1NC(=O)c1c2n(c(C)c(Br)c1=O)CCCCC2. The number of hydrogen-bond acceptors (Lipinski definition) is 2. The predicted molar refractivity (Wildman–Crippen MR) is 114 cm³/mol. The lowest BCUT2D eigenvalue weighted by molar-refractivity contribution is 0.102. The summed E-state index contributed by atoms with van der Waals surface area (Å²) in [6.07, 6.45) is 4.85. The molecule has 1 amide bonds. The van der Waals surface area contributed by atoms with E-state index < -0.39 is 5.91 Å². The van der Waals surface area contributed by atoms with Gasteiger partial charge in [-0.15, -0.1) is 0 Å². The van der Waals surface area contributed by atoms with E-state index in [0.717, 1.165) is 42.8 Å². The summed E-state index contributed by atoms with van der Waals surface area (Å²) in [5.74, 6) is -0.790. The normalized spacial score (nSPS) is 13.8. The number of halogens is 2. The van der Waals surface area contributed by atoms with Crippen molar-refractivity contribution < 1.29 is 9.18 Å². The summed E-state index contributed by atoms with van der Waals surface area (Å²) in [4.78, 5) is 26.2. The number of carbonyl (C=O) groups excluding carboxylic acids is 1. The number of nitrogens with one attached hydrogen (secondary N) is 1. The maximum absolute atomic E-state index is 14.3. The summed E-state index contributed by atoms with van der Waals surface area (Å²) in [5, 5.41) is 2.88. The summed E-state index contributed by atoms with van der Waals surface area (Å²) < 4.78 is 16.8. The highest BCUT2D eigenvalue weighted by molar-refractivity contribution is 9.10. The lowest BCUT2D eigenvalue weighted by atomic mass is 10.0. The average Bonchev–Trinajstić information content (AvgIpc) is 2.93. The van der Waals surface area contributed by atoms with E-state index >= 15 is 0 Å². The molecule has 3 rings (SSSR count). The molecule has 1 aliphatic rings. The zero-order valence-electron chi connectivity index (χ0n) is 16.6. The summed E-state index contributed by atoms with van der Waals surface area (Å²) in [6.45, 7) is 6.52. The quantitative estimate of drug-likeness (QED) is 0.701. The number of fused-ring (bicyclic) bond motifs is 1. The number of nitrogens with zero attached hydrogens (tertiary/aromatic N) is 1. The molecular formula is C22H26BrFN2O2. The Morgan fingerprint density at radius 1 is 1.21 bits per heavy atom. The van der Waals surface area contributed by atoms with Gasteiger partial charge in [-0.3, -0.25) is 9.59 Å². The lowest BCUT2D eigenvalue weighted by Gasteiger charge is -2.20. The fraction of sp³-hybridized carbons (Fsp3) is 0.455. The van der Waals surface area contributed by atoms with Crippen LogP contribution in [-0.4, -0.2) is 10.5 Å². The molecule has 1 aromatic heterocycles. The van der Waals surface area contributed by atoms with Gasteiger partial charge in [0.1, 0.15) is 11.4 Å². The van der Waals surface area contributed by atoms with Crippen molar-refractivity contribution in [3.8, 4) is 0 Å². The Labute approximate surface area is 173 Å². The molecule has 150 valence electrons. The highest BCUT2D eigenvalue weighted by Gasteiger charge is 2.25. The van der Waals surface area contributed by atoms with Crippen molar-refractivity contribution >= 4 is 27.5 Å². The van der Waals surface area contributed by atoms with E-state index in [1.165, 1.54) is 6.07 Å². The minimum Gasteiger partial charge on any atom is -0.347 e. The maximum atomic E-state index is 14.3. The van der Waals surface area contributed by atoms with Gasteiger partial charge in [0.25, 0.3) is 5.91 Å². The number of hydrogen-bond donors (Lipinski definition) is 1. The molecule has 0 bridgehead atoms. The van der Waals surface area contributed by atoms with Crippen LogP contribution in [0.2, 0.25) is 0 Å². The molecule has 0 fully saturated rings. The molecule has 0 saturated heterocycles. The van der Waals surface area contributed by atoms with Crippen molar-refractivity contribution in [1.82, 2.24) is 4.57 Å². The Morgan fingerprint density at radius 2 is 1.96 bits per heavy atom. The molecule has 1 aliphatic heterocycles. The Morgan fingerprint density at radius 3 is 2.64 bits per heavy atom. The molecule has 1 N–H and O–H groups in total. The van der Waals surface area contributed by atoms with Crippen LogP contribution in [-0.2, 0) is 25.8 Å². The molecule has 2 aromatic rings. The fourth-order valence-electron chi connectivity index (χ4n) is 4.04. The number of pyridine rings is 1. The van der Waals surface area contributed by atoms with Gasteiger partial charge in [-0.2, -0.15) is 0 Å². The van der Waals surface area contributed by atoms with Crippen molar-refractivity contribution in [3.63, 3.8) is 0 Å². The Bertz CT molecular complexity index is 982. The zero-order valence-corrected chi connectivity index (χ0v) is 18.2. The van der Waals surface area contributed by atoms with Crippen LogP contribution in [0, 0.1) is 12.7 Å². The predicted octanol–water partition coefficient (Wildman–Crippen LogP) is 5.16. The highest BCUT2D eigenvalue weighted by Crippen LogP contribution is 2.28. The number of anilines is 1. The molecule has 0 radical (unpaired) electrons. The van der Waals surface area contributed by atoms with Gasteiger partial charge in [-0.1, -0.05) is 26.3 Å². The molecule has 28 heavy (non-hydrogen) atoms. The van der Waals surface area contributed by atoms with Gasteiger partial charge >= 0.3 is 0 Å². The van der Waals surface area contributed by atoms with Gasteiger partial charge in [0.15, 0.2) is 0 Å². The number of aromatic nitrogens is 1. The highest BCUT2D eigenvalue weighted by atomic mass is 79.9. The summed E-state index contributed by atoms with van der Waals surface area (Å²) in [6, 6.07) is 3.14. The molecule has 0 spiro atoms. The first-order chi connectivity index (χ1) is 13.4. The average molecular weight is 449 g/mol. The standard InChI is InChI=1S/C22H26BrFN2O2/c1-4-14-10-11-16(24)15(5-2)20(14)25-22(28)18-17-9-7-6-8-12-26(17)13(3)19(23)21(18)27/h10-11H,4-9,12H2,1-3H3,(H,25,28). The second-order valence-electron chi connectivity index (χ2n) is 7.23. The molecule has 0 unspecified atom stereocenters. The van der Waals surface area contributed by atoms with Gasteiger partial charge < -0.3 is 9.88 Å². The molecule has 4 nitrogen and oxygen atoms in total. The molecule has 0 aliphatic carbocycles. The fourth-order valence-corrected chi connectivity index (χ4v) is 4.45. The van der Waals surface area contributed by atoms with Gasteiger partial charge in [0.2, 0.25) is 5.43 Å². The third-order valence-corrected chi connectivity index (χ3v) is 6.53. The minimum atomic E-state index is -0.452. The Hall–Kier alpha value is -1.95. The Balaban J connectivity index is 2.14. The van der Waals surface area contributed by atoms with E-state index in [9.17, 15) is 14.0 Å². The topological polar surface area (TPSA) is 51.1 Å². The van der Waals surface area contributed by atoms with Crippen LogP contribution >= 0.6 is 15.9 Å². The number of rotatable bonds is 4. The number of aryl methyl sites for hydroxylation is 1. The van der Waals surface area contributed by atoms with Crippen LogP contribution in [0.25, 0.3) is 0 Å². The van der Waals surface area contributed by atoms with Gasteiger partial charge in [-0.05, 0) is 66.6 Å². The van der Waals surface area contributed by atoms with E-state index in [1.807, 2.05) is 20.8 Å². The van der Waals surface area contributed by atoms with Crippen molar-refractivity contribution in [2.45, 2.75) is 65.8 Å². The number of benzene rings is 1. The van der Waals surface area contributed by atoms with Crippen LogP contribution in [0.15, 0.2) is 21.4 Å². The first-order valence-electron chi connectivity index (χ1n) is 9.94. The molecule has 0 saturated carbocycles. The summed E-state index contributed by atoms with van der Waals surface area (Å²) in [5.41, 5.74) is 3.36. The summed E-state index contributed by atoms with van der Waals surface area (Å²) in [7, 11) is 0. The molecule has 6 heteroatoms. The van der Waals surface area contributed by atoms with Crippen LogP contribution in [0.3, 0.4) is 0 Å². The number of carbonyl (C=O) groups is 1. The van der Waals surface area contributed by atoms with E-state index in [1.54, 1.807) is 6.07 Å². The van der Waals surface area contributed by atoms with Gasteiger partial charge in [-0.25, -0.2) is 4.39 Å². The number of amides is 1. The Kier molecular flexibility index (Phi) is 6.38. The van der Waals surface area contributed by atoms with Crippen LogP contribution in [0.5, 0.6) is 0 Å². The van der Waals surface area contributed by atoms with Crippen LogP contribution in [0.4, 0.5) is 10.1 Å². The van der Waals surface area contributed by atoms with Crippen LogP contribution in [0.1, 0.15) is 66.0 Å². The largest absolute Gasteiger partial charge is 0.347 e. The maximum Gasteiger partial charge on any atom is 0.261 e. The molecular weight excluding hydrogens is 423 g/mol. The van der Waals surface area contributed by atoms with Crippen molar-refractivity contribution in [2.75, 3.05) is 5.32 Å². The minimum absolute atomic E-state index is 0.174. The molecule has 1 aromatic carbocycles. The first-order valence-corrected chi connectivity index (χ1v) is 10.7. The van der Waals surface area contributed by atoms with E-state index in [0.29, 0.717) is 35.0 Å². The van der Waals surface area contributed by atoms with Crippen molar-refractivity contribution in [2.24, 2.45) is 0 Å². The van der Waals surface area contributed by atoms with Gasteiger partial charge in [0.05, 0.1) is 10.2 Å². The van der Waals surface area contributed by atoms with E-state index in [-0.39, 0.29) is 16.8 Å². The van der Waals surface area contributed by atoms with Crippen LogP contribution < -0.4 is 10.7 Å². The third kappa shape index (κ3) is 3.66.